The number of hydrogen-bond acceptors (Lipinski definition) is 5. The molecule has 0 aromatic heterocycles. The molecule has 0 aliphatic carbocycles. The second kappa shape index (κ2) is 7.42. The van der Waals surface area contributed by atoms with E-state index in [0.29, 0.717) is 25.4 Å². The second-order valence-corrected chi connectivity index (χ2v) is 7.99. The Morgan fingerprint density at radius 1 is 1.33 bits per heavy atom. The molecular weight excluding hydrogens is 294 g/mol. The summed E-state index contributed by atoms with van der Waals surface area (Å²) in [5, 5.41) is 3.16. The predicted molar refractivity (Wildman–Crippen MR) is 81.1 cm³/mol. The standard InChI is InChI=1S/C13H27N3O4S/c1-5-7-16(8-6-11-9-14-10-11)21(18,19)15-12(17)20-13(2,3)4/h11,14H,5-10H2,1-4H3,(H,15,17). The van der Waals surface area contributed by atoms with Crippen molar-refractivity contribution in [3.05, 3.63) is 0 Å². The van der Waals surface area contributed by atoms with Gasteiger partial charge in [-0.05, 0) is 52.6 Å². The van der Waals surface area contributed by atoms with Crippen molar-refractivity contribution in [3.63, 3.8) is 0 Å². The zero-order valence-electron chi connectivity index (χ0n) is 13.3. The van der Waals surface area contributed by atoms with Crippen LogP contribution in [0.25, 0.3) is 0 Å². The number of carbonyl (C=O) groups is 1. The van der Waals surface area contributed by atoms with Crippen molar-refractivity contribution in [3.8, 4) is 0 Å². The molecule has 124 valence electrons. The Morgan fingerprint density at radius 2 is 1.95 bits per heavy atom. The molecule has 7 nitrogen and oxygen atoms in total. The first-order valence-corrected chi connectivity index (χ1v) is 8.79. The number of hydrogen-bond donors (Lipinski definition) is 2. The van der Waals surface area contributed by atoms with Crippen LogP contribution in [0.2, 0.25) is 0 Å². The molecule has 1 heterocycles. The number of carbonyl (C=O) groups excluding carboxylic acids is 1. The van der Waals surface area contributed by atoms with Crippen LogP contribution in [0.15, 0.2) is 0 Å². The molecule has 0 aromatic rings. The van der Waals surface area contributed by atoms with Crippen molar-refractivity contribution >= 4 is 16.3 Å². The van der Waals surface area contributed by atoms with E-state index in [4.69, 9.17) is 4.74 Å². The lowest BCUT2D eigenvalue weighted by molar-refractivity contribution is 0.0567. The Bertz CT molecular complexity index is 441. The topological polar surface area (TPSA) is 87.7 Å². The second-order valence-electron chi connectivity index (χ2n) is 6.32. The zero-order valence-corrected chi connectivity index (χ0v) is 14.1. The lowest BCUT2D eigenvalue weighted by atomic mass is 10.00. The molecule has 1 rings (SSSR count). The van der Waals surface area contributed by atoms with Crippen molar-refractivity contribution in [1.29, 1.82) is 0 Å². The van der Waals surface area contributed by atoms with Crippen molar-refractivity contribution in [2.75, 3.05) is 26.2 Å². The summed E-state index contributed by atoms with van der Waals surface area (Å²) in [6.45, 7) is 9.63. The number of amides is 1. The maximum atomic E-state index is 12.2. The molecule has 8 heteroatoms. The zero-order chi connectivity index (χ0) is 16.1. The highest BCUT2D eigenvalue weighted by Gasteiger charge is 2.28. The van der Waals surface area contributed by atoms with Crippen molar-refractivity contribution in [2.24, 2.45) is 5.92 Å². The molecule has 21 heavy (non-hydrogen) atoms. The Morgan fingerprint density at radius 3 is 2.38 bits per heavy atom. The third-order valence-electron chi connectivity index (χ3n) is 3.08. The summed E-state index contributed by atoms with van der Waals surface area (Å²) in [5.41, 5.74) is -0.729. The molecule has 0 bridgehead atoms. The van der Waals surface area contributed by atoms with Crippen LogP contribution in [-0.2, 0) is 14.9 Å². The van der Waals surface area contributed by atoms with Crippen molar-refractivity contribution in [1.82, 2.24) is 14.3 Å². The summed E-state index contributed by atoms with van der Waals surface area (Å²) in [6, 6.07) is 0. The molecule has 0 spiro atoms. The van der Waals surface area contributed by atoms with E-state index in [9.17, 15) is 13.2 Å². The number of nitrogens with one attached hydrogen (secondary N) is 2. The highest BCUT2D eigenvalue weighted by Crippen LogP contribution is 2.12. The summed E-state index contributed by atoms with van der Waals surface area (Å²) in [6.07, 6.45) is 0.550. The Kier molecular flexibility index (Phi) is 6.42. The van der Waals surface area contributed by atoms with Crippen LogP contribution in [0.5, 0.6) is 0 Å². The summed E-state index contributed by atoms with van der Waals surface area (Å²) in [7, 11) is -3.85. The van der Waals surface area contributed by atoms with Gasteiger partial charge in [-0.15, -0.1) is 0 Å². The maximum absolute atomic E-state index is 12.2. The van der Waals surface area contributed by atoms with Crippen LogP contribution in [0.3, 0.4) is 0 Å². The first kappa shape index (κ1) is 18.2. The largest absolute Gasteiger partial charge is 0.443 e. The lowest BCUT2D eigenvalue weighted by Gasteiger charge is -2.30. The van der Waals surface area contributed by atoms with E-state index in [0.717, 1.165) is 19.5 Å². The van der Waals surface area contributed by atoms with Gasteiger partial charge in [0.05, 0.1) is 0 Å². The minimum atomic E-state index is -3.85. The maximum Gasteiger partial charge on any atom is 0.422 e. The van der Waals surface area contributed by atoms with Crippen LogP contribution in [0.4, 0.5) is 4.79 Å². The van der Waals surface area contributed by atoms with Gasteiger partial charge in [0.1, 0.15) is 5.60 Å². The molecule has 1 saturated heterocycles. The van der Waals surface area contributed by atoms with Crippen LogP contribution >= 0.6 is 0 Å². The first-order chi connectivity index (χ1) is 9.64. The molecule has 2 N–H and O–H groups in total. The van der Waals surface area contributed by atoms with Crippen molar-refractivity contribution in [2.45, 2.75) is 46.1 Å². The van der Waals surface area contributed by atoms with Gasteiger partial charge in [0, 0.05) is 13.1 Å². The average molecular weight is 321 g/mol. The SMILES string of the molecule is CCCN(CCC1CNC1)S(=O)(=O)NC(=O)OC(C)(C)C. The third-order valence-corrected chi connectivity index (χ3v) is 4.55. The smallest absolute Gasteiger partial charge is 0.422 e. The van der Waals surface area contributed by atoms with Gasteiger partial charge in [-0.3, -0.25) is 0 Å². The van der Waals surface area contributed by atoms with E-state index in [1.165, 1.54) is 4.31 Å². The fourth-order valence-electron chi connectivity index (χ4n) is 1.95. The molecule has 0 radical (unpaired) electrons. The summed E-state index contributed by atoms with van der Waals surface area (Å²) in [5.74, 6) is 0.515. The van der Waals surface area contributed by atoms with E-state index < -0.39 is 21.9 Å². The minimum Gasteiger partial charge on any atom is -0.443 e. The lowest BCUT2D eigenvalue weighted by Crippen LogP contribution is -2.48. The molecule has 1 aliphatic heterocycles. The van der Waals surface area contributed by atoms with E-state index >= 15 is 0 Å². The Labute approximate surface area is 127 Å². The quantitative estimate of drug-likeness (QED) is 0.732. The van der Waals surface area contributed by atoms with Crippen LogP contribution < -0.4 is 10.0 Å². The van der Waals surface area contributed by atoms with Gasteiger partial charge < -0.3 is 10.1 Å². The molecule has 0 atom stereocenters. The number of rotatable bonds is 7. The molecule has 1 fully saturated rings. The Balaban J connectivity index is 2.58. The fourth-order valence-corrected chi connectivity index (χ4v) is 3.10. The van der Waals surface area contributed by atoms with Gasteiger partial charge >= 0.3 is 16.3 Å². The van der Waals surface area contributed by atoms with E-state index in [1.807, 2.05) is 11.6 Å². The summed E-state index contributed by atoms with van der Waals surface area (Å²) in [4.78, 5) is 11.6. The van der Waals surface area contributed by atoms with Gasteiger partial charge in [-0.25, -0.2) is 9.52 Å². The average Bonchev–Trinajstić information content (AvgIpc) is 2.21. The molecule has 1 amide bonds. The Hall–Kier alpha value is -0.860. The van der Waals surface area contributed by atoms with E-state index in [1.54, 1.807) is 20.8 Å². The summed E-state index contributed by atoms with van der Waals surface area (Å²) >= 11 is 0. The molecular formula is C13H27N3O4S. The monoisotopic (exact) mass is 321 g/mol. The van der Waals surface area contributed by atoms with Gasteiger partial charge in [0.25, 0.3) is 0 Å². The highest BCUT2D eigenvalue weighted by atomic mass is 32.2. The molecule has 1 aliphatic rings. The first-order valence-electron chi connectivity index (χ1n) is 7.35. The number of ether oxygens (including phenoxy) is 1. The van der Waals surface area contributed by atoms with E-state index in [2.05, 4.69) is 5.32 Å². The van der Waals surface area contributed by atoms with Crippen LogP contribution in [0, 0.1) is 5.92 Å². The third kappa shape index (κ3) is 6.62. The minimum absolute atomic E-state index is 0.387. The highest BCUT2D eigenvalue weighted by molar-refractivity contribution is 7.87. The molecule has 0 saturated carbocycles. The molecule has 0 aromatic carbocycles. The van der Waals surface area contributed by atoms with Gasteiger partial charge in [-0.1, -0.05) is 6.92 Å². The van der Waals surface area contributed by atoms with Crippen LogP contribution in [-0.4, -0.2) is 50.6 Å². The van der Waals surface area contributed by atoms with Gasteiger partial charge in [0.15, 0.2) is 0 Å². The summed E-state index contributed by atoms with van der Waals surface area (Å²) < 4.78 is 32.8. The molecule has 0 unspecified atom stereocenters. The number of nitrogens with zero attached hydrogens (tertiary/aromatic N) is 1. The van der Waals surface area contributed by atoms with Gasteiger partial charge in [0.2, 0.25) is 0 Å². The van der Waals surface area contributed by atoms with Crippen molar-refractivity contribution < 1.29 is 17.9 Å². The normalized spacial score (nSPS) is 16.6. The van der Waals surface area contributed by atoms with Gasteiger partial charge in [-0.2, -0.15) is 12.7 Å². The predicted octanol–water partition coefficient (Wildman–Crippen LogP) is 1.08. The van der Waals surface area contributed by atoms with Crippen LogP contribution in [0.1, 0.15) is 40.5 Å². The fraction of sp³-hybridized carbons (Fsp3) is 0.923. The van der Waals surface area contributed by atoms with E-state index in [-0.39, 0.29) is 0 Å².